The summed E-state index contributed by atoms with van der Waals surface area (Å²) >= 11 is 0. The first-order valence-electron chi connectivity index (χ1n) is 11.4. The third-order valence-electron chi connectivity index (χ3n) is 5.42. The second-order valence-corrected chi connectivity index (χ2v) is 11.0. The van der Waals surface area contributed by atoms with E-state index in [1.807, 2.05) is 31.2 Å². The highest BCUT2D eigenvalue weighted by atomic mass is 32.2. The van der Waals surface area contributed by atoms with E-state index in [0.29, 0.717) is 13.2 Å². The second-order valence-electron chi connectivity index (χ2n) is 9.31. The third-order valence-corrected chi connectivity index (χ3v) is 7.19. The quantitative estimate of drug-likeness (QED) is 0.595. The fourth-order valence-corrected chi connectivity index (χ4v) is 5.39. The van der Waals surface area contributed by atoms with Crippen LogP contribution in [0.4, 0.5) is 0 Å². The van der Waals surface area contributed by atoms with E-state index in [0.717, 1.165) is 24.2 Å². The van der Waals surface area contributed by atoms with Crippen molar-refractivity contribution in [2.75, 3.05) is 19.7 Å². The molecule has 1 atom stereocenters. The van der Waals surface area contributed by atoms with Gasteiger partial charge in [0.2, 0.25) is 15.9 Å². The fourth-order valence-electron chi connectivity index (χ4n) is 3.97. The van der Waals surface area contributed by atoms with Crippen molar-refractivity contribution in [2.24, 2.45) is 0 Å². The lowest BCUT2D eigenvalue weighted by Gasteiger charge is -2.25. The average molecular weight is 488 g/mol. The first-order valence-corrected chi connectivity index (χ1v) is 12.9. The maximum Gasteiger partial charge on any atom is 0.251 e. The van der Waals surface area contributed by atoms with Crippen LogP contribution >= 0.6 is 0 Å². The average Bonchev–Trinajstić information content (AvgIpc) is 3.26. The van der Waals surface area contributed by atoms with Crippen molar-refractivity contribution in [1.82, 2.24) is 14.9 Å². The first kappa shape index (κ1) is 25.7. The van der Waals surface area contributed by atoms with Gasteiger partial charge in [-0.3, -0.25) is 9.59 Å². The van der Waals surface area contributed by atoms with Crippen molar-refractivity contribution >= 4 is 21.8 Å². The lowest BCUT2D eigenvalue weighted by atomic mass is 10.0. The summed E-state index contributed by atoms with van der Waals surface area (Å²) in [4.78, 5) is 27.3. The van der Waals surface area contributed by atoms with E-state index < -0.39 is 21.5 Å². The van der Waals surface area contributed by atoms with Crippen LogP contribution in [0, 0.1) is 0 Å². The molecule has 1 saturated heterocycles. The summed E-state index contributed by atoms with van der Waals surface area (Å²) < 4.78 is 32.9. The Kier molecular flexibility index (Phi) is 7.99. The summed E-state index contributed by atoms with van der Waals surface area (Å²) in [7, 11) is -3.69. The van der Waals surface area contributed by atoms with Crippen molar-refractivity contribution in [2.45, 2.75) is 57.0 Å². The lowest BCUT2D eigenvalue weighted by Crippen LogP contribution is -2.40. The summed E-state index contributed by atoms with van der Waals surface area (Å²) in [5, 5.41) is 2.65. The number of rotatable bonds is 8. The Bertz CT molecular complexity index is 1110. The molecule has 3 rings (SSSR count). The number of hydrogen-bond acceptors (Lipinski definition) is 5. The molecule has 0 spiro atoms. The van der Waals surface area contributed by atoms with E-state index in [1.165, 1.54) is 24.3 Å². The van der Waals surface area contributed by atoms with Crippen LogP contribution in [0.2, 0.25) is 0 Å². The van der Waals surface area contributed by atoms with Crippen LogP contribution in [-0.2, 0) is 14.8 Å². The smallest absolute Gasteiger partial charge is 0.251 e. The van der Waals surface area contributed by atoms with Gasteiger partial charge in [0.05, 0.1) is 24.1 Å². The number of carbonyl (C=O) groups is 2. The maximum atomic E-state index is 12.9. The van der Waals surface area contributed by atoms with Crippen LogP contribution in [0.15, 0.2) is 53.4 Å². The molecular formula is C25H33N3O5S. The molecule has 1 aliphatic heterocycles. The Morgan fingerprint density at radius 3 is 2.29 bits per heavy atom. The number of sulfonamides is 1. The summed E-state index contributed by atoms with van der Waals surface area (Å²) in [6.45, 7) is 8.30. The highest BCUT2D eigenvalue weighted by Crippen LogP contribution is 2.32. The number of nitrogens with zero attached hydrogens (tertiary/aromatic N) is 1. The molecule has 1 aliphatic rings. The zero-order chi connectivity index (χ0) is 24.9. The molecular weight excluding hydrogens is 454 g/mol. The molecule has 2 amide bonds. The maximum absolute atomic E-state index is 12.9. The number of benzene rings is 2. The monoisotopic (exact) mass is 487 g/mol. The zero-order valence-electron chi connectivity index (χ0n) is 20.1. The van der Waals surface area contributed by atoms with Gasteiger partial charge in [-0.1, -0.05) is 12.1 Å². The van der Waals surface area contributed by atoms with Crippen LogP contribution in [-0.4, -0.2) is 50.4 Å². The molecule has 2 aromatic carbocycles. The van der Waals surface area contributed by atoms with Crippen LogP contribution in [0.25, 0.3) is 0 Å². The Morgan fingerprint density at radius 2 is 1.71 bits per heavy atom. The lowest BCUT2D eigenvalue weighted by molar-refractivity contribution is -0.131. The molecule has 9 heteroatoms. The number of hydrogen-bond donors (Lipinski definition) is 2. The molecule has 1 fully saturated rings. The van der Waals surface area contributed by atoms with E-state index in [2.05, 4.69) is 10.0 Å². The van der Waals surface area contributed by atoms with Gasteiger partial charge in [-0.05, 0) is 82.5 Å². The molecule has 0 saturated carbocycles. The zero-order valence-corrected chi connectivity index (χ0v) is 20.9. The van der Waals surface area contributed by atoms with E-state index in [-0.39, 0.29) is 29.0 Å². The van der Waals surface area contributed by atoms with Gasteiger partial charge in [0.15, 0.2) is 0 Å². The van der Waals surface area contributed by atoms with E-state index in [4.69, 9.17) is 4.74 Å². The summed E-state index contributed by atoms with van der Waals surface area (Å²) in [6.07, 6.45) is 1.77. The molecule has 8 nitrogen and oxygen atoms in total. The fraction of sp³-hybridized carbons (Fsp3) is 0.440. The standard InChI is InChI=1S/C25H33N3O5S/c1-5-33-20-12-8-18(9-13-20)22-7-6-16-28(22)23(29)17-26-24(30)19-10-14-21(15-11-19)34(31,32)27-25(2,3)4/h8-15,22,27H,5-7,16-17H2,1-4H3,(H,26,30)/t22-/m1/s1. The molecule has 0 radical (unpaired) electrons. The summed E-state index contributed by atoms with van der Waals surface area (Å²) in [5.41, 5.74) is 0.710. The predicted octanol–water partition coefficient (Wildman–Crippen LogP) is 3.26. The van der Waals surface area contributed by atoms with Gasteiger partial charge >= 0.3 is 0 Å². The van der Waals surface area contributed by atoms with E-state index in [1.54, 1.807) is 25.7 Å². The number of likely N-dealkylation sites (tertiary alicyclic amines) is 1. The highest BCUT2D eigenvalue weighted by molar-refractivity contribution is 7.89. The van der Waals surface area contributed by atoms with Crippen molar-refractivity contribution in [1.29, 1.82) is 0 Å². The third kappa shape index (κ3) is 6.57. The number of ether oxygens (including phenoxy) is 1. The molecule has 34 heavy (non-hydrogen) atoms. The van der Waals surface area contributed by atoms with E-state index in [9.17, 15) is 18.0 Å². The number of amides is 2. The number of nitrogens with one attached hydrogen (secondary N) is 2. The van der Waals surface area contributed by atoms with Crippen molar-refractivity contribution in [3.8, 4) is 5.75 Å². The van der Waals surface area contributed by atoms with Crippen LogP contribution in [0.1, 0.15) is 62.5 Å². The first-order chi connectivity index (χ1) is 16.0. The second kappa shape index (κ2) is 10.6. The molecule has 2 aromatic rings. The summed E-state index contributed by atoms with van der Waals surface area (Å²) in [6, 6.07) is 13.4. The molecule has 0 aliphatic carbocycles. The van der Waals surface area contributed by atoms with Crippen LogP contribution < -0.4 is 14.8 Å². The van der Waals surface area contributed by atoms with E-state index >= 15 is 0 Å². The van der Waals surface area contributed by atoms with Crippen molar-refractivity contribution in [3.05, 3.63) is 59.7 Å². The Labute approximate surface area is 201 Å². The number of carbonyl (C=O) groups excluding carboxylic acids is 2. The molecule has 0 bridgehead atoms. The van der Waals surface area contributed by atoms with Gasteiger partial charge in [-0.25, -0.2) is 13.1 Å². The Balaban J connectivity index is 1.59. The minimum Gasteiger partial charge on any atom is -0.494 e. The summed E-state index contributed by atoms with van der Waals surface area (Å²) in [5.74, 6) is 0.207. The van der Waals surface area contributed by atoms with Crippen LogP contribution in [0.3, 0.4) is 0 Å². The predicted molar refractivity (Wildman–Crippen MR) is 130 cm³/mol. The van der Waals surface area contributed by atoms with Crippen LogP contribution in [0.5, 0.6) is 5.75 Å². The Hall–Kier alpha value is -2.91. The highest BCUT2D eigenvalue weighted by Gasteiger charge is 2.30. The normalized spacial score (nSPS) is 16.4. The van der Waals surface area contributed by atoms with Gasteiger partial charge in [-0.2, -0.15) is 0 Å². The van der Waals surface area contributed by atoms with Crippen molar-refractivity contribution in [3.63, 3.8) is 0 Å². The topological polar surface area (TPSA) is 105 Å². The largest absolute Gasteiger partial charge is 0.494 e. The minimum absolute atomic E-state index is 0.0279. The molecule has 184 valence electrons. The molecule has 2 N–H and O–H groups in total. The Morgan fingerprint density at radius 1 is 1.06 bits per heavy atom. The minimum atomic E-state index is -3.69. The van der Waals surface area contributed by atoms with Gasteiger partial charge in [-0.15, -0.1) is 0 Å². The SMILES string of the molecule is CCOc1ccc([C@H]2CCCN2C(=O)CNC(=O)c2ccc(S(=O)(=O)NC(C)(C)C)cc2)cc1. The molecule has 0 aromatic heterocycles. The van der Waals surface area contributed by atoms with Gasteiger partial charge in [0.25, 0.3) is 5.91 Å². The van der Waals surface area contributed by atoms with Gasteiger partial charge in [0, 0.05) is 17.6 Å². The molecule has 0 unspecified atom stereocenters. The van der Waals surface area contributed by atoms with Gasteiger partial charge in [0.1, 0.15) is 5.75 Å². The molecule has 1 heterocycles. The van der Waals surface area contributed by atoms with Crippen molar-refractivity contribution < 1.29 is 22.7 Å². The van der Waals surface area contributed by atoms with Gasteiger partial charge < -0.3 is 15.0 Å².